The number of aromatic nitrogens is 1. The standard InChI is InChI=1S/C17H29N3S/c1-4-7-12-8-5-6-9-20(12)16-19-14-11-17(2,3)10-13(18)15(14)21-16/h12-13H,4-11,18H2,1-3H3. The summed E-state index contributed by atoms with van der Waals surface area (Å²) < 4.78 is 0. The van der Waals surface area contributed by atoms with E-state index in [1.807, 2.05) is 11.3 Å². The van der Waals surface area contributed by atoms with Crippen LogP contribution in [0.1, 0.15) is 75.9 Å². The molecule has 3 rings (SSSR count). The van der Waals surface area contributed by atoms with E-state index in [9.17, 15) is 0 Å². The quantitative estimate of drug-likeness (QED) is 0.906. The fourth-order valence-corrected chi connectivity index (χ4v) is 5.17. The van der Waals surface area contributed by atoms with Gasteiger partial charge in [0.25, 0.3) is 0 Å². The predicted octanol–water partition coefficient (Wildman–Crippen LogP) is 4.27. The Hall–Kier alpha value is -0.610. The van der Waals surface area contributed by atoms with Crippen molar-refractivity contribution in [2.24, 2.45) is 11.1 Å². The van der Waals surface area contributed by atoms with E-state index in [1.54, 1.807) is 0 Å². The van der Waals surface area contributed by atoms with Gasteiger partial charge in [-0.2, -0.15) is 0 Å². The summed E-state index contributed by atoms with van der Waals surface area (Å²) in [6.07, 6.45) is 8.73. The molecule has 3 nitrogen and oxygen atoms in total. The lowest BCUT2D eigenvalue weighted by atomic mass is 9.77. The molecular formula is C17H29N3S. The fraction of sp³-hybridized carbons (Fsp3) is 0.824. The lowest BCUT2D eigenvalue weighted by Crippen LogP contribution is -2.39. The van der Waals surface area contributed by atoms with Gasteiger partial charge < -0.3 is 10.6 Å². The normalized spacial score (nSPS) is 28.5. The first-order valence-corrected chi connectivity index (χ1v) is 9.33. The largest absolute Gasteiger partial charge is 0.345 e. The molecule has 0 saturated carbocycles. The maximum absolute atomic E-state index is 6.41. The molecule has 2 aliphatic rings. The van der Waals surface area contributed by atoms with E-state index in [4.69, 9.17) is 10.7 Å². The first-order valence-electron chi connectivity index (χ1n) is 8.52. The Morgan fingerprint density at radius 1 is 1.38 bits per heavy atom. The van der Waals surface area contributed by atoms with Crippen LogP contribution < -0.4 is 10.6 Å². The van der Waals surface area contributed by atoms with Gasteiger partial charge in [-0.05, 0) is 43.9 Å². The van der Waals surface area contributed by atoms with E-state index in [0.29, 0.717) is 11.5 Å². The Morgan fingerprint density at radius 3 is 2.95 bits per heavy atom. The second kappa shape index (κ2) is 5.88. The molecule has 2 N–H and O–H groups in total. The molecule has 0 aromatic carbocycles. The number of nitrogens with two attached hydrogens (primary N) is 1. The van der Waals surface area contributed by atoms with Crippen LogP contribution in [-0.2, 0) is 6.42 Å². The molecule has 1 fully saturated rings. The van der Waals surface area contributed by atoms with Crippen LogP contribution >= 0.6 is 11.3 Å². The molecule has 118 valence electrons. The first-order chi connectivity index (χ1) is 10.00. The van der Waals surface area contributed by atoms with E-state index in [-0.39, 0.29) is 6.04 Å². The van der Waals surface area contributed by atoms with Gasteiger partial charge >= 0.3 is 0 Å². The van der Waals surface area contributed by atoms with Crippen LogP contribution in [0.5, 0.6) is 0 Å². The number of nitrogens with zero attached hydrogens (tertiary/aromatic N) is 2. The van der Waals surface area contributed by atoms with Crippen molar-refractivity contribution in [1.82, 2.24) is 4.98 Å². The zero-order chi connectivity index (χ0) is 15.0. The van der Waals surface area contributed by atoms with E-state index in [0.717, 1.165) is 12.8 Å². The Bertz CT molecular complexity index is 492. The highest BCUT2D eigenvalue weighted by molar-refractivity contribution is 7.15. The minimum atomic E-state index is 0.185. The van der Waals surface area contributed by atoms with Crippen LogP contribution in [0.25, 0.3) is 0 Å². The van der Waals surface area contributed by atoms with Gasteiger partial charge in [0.15, 0.2) is 5.13 Å². The Balaban J connectivity index is 1.86. The van der Waals surface area contributed by atoms with E-state index < -0.39 is 0 Å². The molecule has 0 radical (unpaired) electrons. The topological polar surface area (TPSA) is 42.2 Å². The minimum absolute atomic E-state index is 0.185. The van der Waals surface area contributed by atoms with Crippen LogP contribution in [0.15, 0.2) is 0 Å². The van der Waals surface area contributed by atoms with Crippen LogP contribution in [0, 0.1) is 5.41 Å². The molecule has 1 aliphatic heterocycles. The van der Waals surface area contributed by atoms with Gasteiger partial charge in [-0.3, -0.25) is 0 Å². The van der Waals surface area contributed by atoms with Gasteiger partial charge in [0.2, 0.25) is 0 Å². The van der Waals surface area contributed by atoms with Gasteiger partial charge in [0.05, 0.1) is 5.69 Å². The predicted molar refractivity (Wildman–Crippen MR) is 91.0 cm³/mol. The number of thiazole rings is 1. The van der Waals surface area contributed by atoms with Crippen LogP contribution in [-0.4, -0.2) is 17.6 Å². The van der Waals surface area contributed by atoms with Crippen LogP contribution in [0.4, 0.5) is 5.13 Å². The summed E-state index contributed by atoms with van der Waals surface area (Å²) >= 11 is 1.87. The summed E-state index contributed by atoms with van der Waals surface area (Å²) in [5, 5.41) is 1.24. The minimum Gasteiger partial charge on any atom is -0.345 e. The lowest BCUT2D eigenvalue weighted by Gasteiger charge is -2.35. The highest BCUT2D eigenvalue weighted by atomic mass is 32.1. The van der Waals surface area contributed by atoms with Crippen molar-refractivity contribution in [3.63, 3.8) is 0 Å². The van der Waals surface area contributed by atoms with E-state index in [2.05, 4.69) is 25.7 Å². The third-order valence-electron chi connectivity index (χ3n) is 4.97. The number of hydrogen-bond acceptors (Lipinski definition) is 4. The molecule has 1 saturated heterocycles. The second-order valence-electron chi connectivity index (χ2n) is 7.59. The van der Waals surface area contributed by atoms with Gasteiger partial charge in [-0.15, -0.1) is 0 Å². The molecule has 0 amide bonds. The SMILES string of the molecule is CCCC1CCCCN1c1nc2c(s1)C(N)CC(C)(C)C2. The molecule has 1 aromatic rings. The van der Waals surface area contributed by atoms with Gasteiger partial charge in [-0.25, -0.2) is 4.98 Å². The van der Waals surface area contributed by atoms with Crippen LogP contribution in [0.2, 0.25) is 0 Å². The number of piperidine rings is 1. The van der Waals surface area contributed by atoms with Crippen LogP contribution in [0.3, 0.4) is 0 Å². The van der Waals surface area contributed by atoms with Crippen molar-refractivity contribution in [2.45, 2.75) is 77.8 Å². The molecular weight excluding hydrogens is 278 g/mol. The number of hydrogen-bond donors (Lipinski definition) is 1. The molecule has 2 atom stereocenters. The molecule has 21 heavy (non-hydrogen) atoms. The van der Waals surface area contributed by atoms with Gasteiger partial charge in [0.1, 0.15) is 0 Å². The average Bonchev–Trinajstić information content (AvgIpc) is 2.82. The van der Waals surface area contributed by atoms with Crippen molar-refractivity contribution in [2.75, 3.05) is 11.4 Å². The molecule has 2 unspecified atom stereocenters. The highest BCUT2D eigenvalue weighted by Gasteiger charge is 2.35. The Labute approximate surface area is 132 Å². The molecule has 0 bridgehead atoms. The summed E-state index contributed by atoms with van der Waals surface area (Å²) in [4.78, 5) is 8.95. The summed E-state index contributed by atoms with van der Waals surface area (Å²) in [6, 6.07) is 0.880. The number of anilines is 1. The maximum atomic E-state index is 6.41. The van der Waals surface area contributed by atoms with Gasteiger partial charge in [-0.1, -0.05) is 38.5 Å². The van der Waals surface area contributed by atoms with E-state index >= 15 is 0 Å². The average molecular weight is 308 g/mol. The maximum Gasteiger partial charge on any atom is 0.186 e. The fourth-order valence-electron chi connectivity index (χ4n) is 3.99. The highest BCUT2D eigenvalue weighted by Crippen LogP contribution is 2.44. The lowest BCUT2D eigenvalue weighted by molar-refractivity contribution is 0.282. The third kappa shape index (κ3) is 3.11. The first kappa shape index (κ1) is 15.3. The number of fused-ring (bicyclic) bond motifs is 1. The Kier molecular flexibility index (Phi) is 4.28. The molecule has 1 aromatic heterocycles. The summed E-state index contributed by atoms with van der Waals surface area (Å²) in [5.41, 5.74) is 7.98. The van der Waals surface area contributed by atoms with Crippen molar-refractivity contribution in [3.05, 3.63) is 10.6 Å². The second-order valence-corrected chi connectivity index (χ2v) is 8.60. The smallest absolute Gasteiger partial charge is 0.186 e. The van der Waals surface area contributed by atoms with Crippen molar-refractivity contribution in [1.29, 1.82) is 0 Å². The van der Waals surface area contributed by atoms with Crippen molar-refractivity contribution in [3.8, 4) is 0 Å². The number of rotatable bonds is 3. The van der Waals surface area contributed by atoms with Crippen molar-refractivity contribution < 1.29 is 0 Å². The summed E-state index contributed by atoms with van der Waals surface area (Å²) in [6.45, 7) is 8.10. The zero-order valence-electron chi connectivity index (χ0n) is 13.7. The molecule has 1 aliphatic carbocycles. The summed E-state index contributed by atoms with van der Waals surface area (Å²) in [7, 11) is 0. The Morgan fingerprint density at radius 2 is 2.19 bits per heavy atom. The monoisotopic (exact) mass is 307 g/mol. The molecule has 4 heteroatoms. The van der Waals surface area contributed by atoms with E-state index in [1.165, 1.54) is 54.4 Å². The van der Waals surface area contributed by atoms with Crippen molar-refractivity contribution >= 4 is 16.5 Å². The molecule has 0 spiro atoms. The zero-order valence-corrected chi connectivity index (χ0v) is 14.5. The summed E-state index contributed by atoms with van der Waals surface area (Å²) in [5.74, 6) is 0. The third-order valence-corrected chi connectivity index (χ3v) is 6.23. The molecule has 2 heterocycles. The van der Waals surface area contributed by atoms with Gasteiger partial charge in [0, 0.05) is 23.5 Å².